The van der Waals surface area contributed by atoms with Crippen molar-refractivity contribution in [3.05, 3.63) is 59.7 Å². The summed E-state index contributed by atoms with van der Waals surface area (Å²) in [5.41, 5.74) is 0.735. The average Bonchev–Trinajstić information content (AvgIpc) is 2.87. The highest BCUT2D eigenvalue weighted by Gasteiger charge is 2.14. The predicted octanol–water partition coefficient (Wildman–Crippen LogP) is 1.98. The van der Waals surface area contributed by atoms with E-state index < -0.39 is 5.97 Å². The molecule has 0 saturated heterocycles. The molecule has 1 aromatic heterocycles. The second-order valence-corrected chi connectivity index (χ2v) is 4.71. The summed E-state index contributed by atoms with van der Waals surface area (Å²) in [6.07, 6.45) is 1.54. The number of carbonyl (C=O) groups is 2. The molecule has 0 atom stereocenters. The van der Waals surface area contributed by atoms with Gasteiger partial charge < -0.3 is 14.6 Å². The van der Waals surface area contributed by atoms with E-state index in [9.17, 15) is 14.0 Å². The Hall–Kier alpha value is -2.63. The number of hydrogen-bond acceptors (Lipinski definition) is 2. The summed E-state index contributed by atoms with van der Waals surface area (Å²) in [4.78, 5) is 24.5. The standard InChI is InChI=1S/C15H15FN2O3/c1-17(9-11-4-2-5-12(16)8-11)14(19)10-18-7-3-6-13(18)15(20)21/h2-8H,9-10H2,1H3,(H,20,21). The summed E-state index contributed by atoms with van der Waals surface area (Å²) in [5.74, 6) is -1.69. The van der Waals surface area contributed by atoms with Crippen molar-refractivity contribution >= 4 is 11.9 Å². The van der Waals surface area contributed by atoms with Crippen molar-refractivity contribution in [2.75, 3.05) is 7.05 Å². The number of likely N-dealkylation sites (N-methyl/N-ethyl adjacent to an activating group) is 1. The second-order valence-electron chi connectivity index (χ2n) is 4.71. The number of aromatic carboxylic acids is 1. The highest BCUT2D eigenvalue weighted by molar-refractivity contribution is 5.86. The topological polar surface area (TPSA) is 62.5 Å². The molecule has 0 bridgehead atoms. The molecule has 0 aliphatic carbocycles. The average molecular weight is 290 g/mol. The number of rotatable bonds is 5. The largest absolute Gasteiger partial charge is 0.477 e. The Morgan fingerprint density at radius 3 is 2.71 bits per heavy atom. The molecular weight excluding hydrogens is 275 g/mol. The lowest BCUT2D eigenvalue weighted by Gasteiger charge is -2.18. The van der Waals surface area contributed by atoms with Crippen LogP contribution in [-0.4, -0.2) is 33.5 Å². The number of carboxylic acids is 1. The summed E-state index contributed by atoms with van der Waals surface area (Å²) in [6, 6.07) is 9.01. The van der Waals surface area contributed by atoms with E-state index >= 15 is 0 Å². The van der Waals surface area contributed by atoms with Crippen LogP contribution in [0.5, 0.6) is 0 Å². The smallest absolute Gasteiger partial charge is 0.352 e. The fourth-order valence-corrected chi connectivity index (χ4v) is 2.01. The molecule has 0 radical (unpaired) electrons. The Labute approximate surface area is 121 Å². The monoisotopic (exact) mass is 290 g/mol. The molecule has 0 aliphatic heterocycles. The maximum Gasteiger partial charge on any atom is 0.352 e. The van der Waals surface area contributed by atoms with Gasteiger partial charge in [-0.25, -0.2) is 9.18 Å². The first-order chi connectivity index (χ1) is 9.97. The summed E-state index contributed by atoms with van der Waals surface area (Å²) >= 11 is 0. The number of halogens is 1. The SMILES string of the molecule is CN(Cc1cccc(F)c1)C(=O)Cn1cccc1C(=O)O. The van der Waals surface area contributed by atoms with Crippen molar-refractivity contribution in [1.29, 1.82) is 0 Å². The van der Waals surface area contributed by atoms with Crippen molar-refractivity contribution in [3.8, 4) is 0 Å². The van der Waals surface area contributed by atoms with Gasteiger partial charge in [0, 0.05) is 19.8 Å². The van der Waals surface area contributed by atoms with Gasteiger partial charge in [0.15, 0.2) is 0 Å². The second kappa shape index (κ2) is 6.21. The molecule has 2 rings (SSSR count). The lowest BCUT2D eigenvalue weighted by atomic mass is 10.2. The van der Waals surface area contributed by atoms with Crippen LogP contribution in [0.2, 0.25) is 0 Å². The quantitative estimate of drug-likeness (QED) is 0.916. The van der Waals surface area contributed by atoms with Crippen LogP contribution in [0.15, 0.2) is 42.6 Å². The van der Waals surface area contributed by atoms with Crippen LogP contribution in [0.4, 0.5) is 4.39 Å². The first-order valence-corrected chi connectivity index (χ1v) is 6.34. The Balaban J connectivity index is 2.03. The van der Waals surface area contributed by atoms with Gasteiger partial charge in [-0.05, 0) is 29.8 Å². The van der Waals surface area contributed by atoms with Crippen LogP contribution in [0.25, 0.3) is 0 Å². The van der Waals surface area contributed by atoms with Gasteiger partial charge in [0.05, 0.1) is 0 Å². The van der Waals surface area contributed by atoms with Crippen molar-refractivity contribution in [2.45, 2.75) is 13.1 Å². The van der Waals surface area contributed by atoms with E-state index in [0.29, 0.717) is 5.56 Å². The third kappa shape index (κ3) is 3.68. The minimum Gasteiger partial charge on any atom is -0.477 e. The van der Waals surface area contributed by atoms with Gasteiger partial charge in [-0.1, -0.05) is 12.1 Å². The van der Waals surface area contributed by atoms with Gasteiger partial charge in [-0.2, -0.15) is 0 Å². The Kier molecular flexibility index (Phi) is 4.37. The molecule has 6 heteroatoms. The molecule has 1 heterocycles. The molecule has 1 N–H and O–H groups in total. The molecule has 0 fully saturated rings. The van der Waals surface area contributed by atoms with Gasteiger partial charge in [0.1, 0.15) is 18.1 Å². The summed E-state index contributed by atoms with van der Waals surface area (Å²) in [5, 5.41) is 8.98. The predicted molar refractivity (Wildman–Crippen MR) is 74.3 cm³/mol. The lowest BCUT2D eigenvalue weighted by molar-refractivity contribution is -0.131. The number of benzene rings is 1. The Morgan fingerprint density at radius 1 is 1.29 bits per heavy atom. The number of amides is 1. The zero-order chi connectivity index (χ0) is 15.4. The lowest BCUT2D eigenvalue weighted by Crippen LogP contribution is -2.30. The van der Waals surface area contributed by atoms with Gasteiger partial charge in [-0.3, -0.25) is 4.79 Å². The number of nitrogens with zero attached hydrogens (tertiary/aromatic N) is 2. The molecule has 2 aromatic rings. The van der Waals surface area contributed by atoms with Gasteiger partial charge in [0.25, 0.3) is 0 Å². The maximum absolute atomic E-state index is 13.1. The molecule has 21 heavy (non-hydrogen) atoms. The van der Waals surface area contributed by atoms with Crippen LogP contribution < -0.4 is 0 Å². The molecule has 1 amide bonds. The van der Waals surface area contributed by atoms with Crippen LogP contribution in [0.1, 0.15) is 16.1 Å². The molecular formula is C15H15FN2O3. The van der Waals surface area contributed by atoms with Gasteiger partial charge in [-0.15, -0.1) is 0 Å². The number of aromatic nitrogens is 1. The van der Waals surface area contributed by atoms with E-state index in [1.807, 2.05) is 0 Å². The highest BCUT2D eigenvalue weighted by atomic mass is 19.1. The van der Waals surface area contributed by atoms with Crippen LogP contribution in [0, 0.1) is 5.82 Å². The van der Waals surface area contributed by atoms with E-state index in [1.54, 1.807) is 25.2 Å². The minimum atomic E-state index is -1.08. The molecule has 5 nitrogen and oxygen atoms in total. The minimum absolute atomic E-state index is 0.0579. The van der Waals surface area contributed by atoms with E-state index in [4.69, 9.17) is 5.11 Å². The summed E-state index contributed by atoms with van der Waals surface area (Å²) in [6.45, 7) is 0.195. The molecule has 0 spiro atoms. The maximum atomic E-state index is 13.1. The van der Waals surface area contributed by atoms with Crippen molar-refractivity contribution < 1.29 is 19.1 Å². The highest BCUT2D eigenvalue weighted by Crippen LogP contribution is 2.08. The van der Waals surface area contributed by atoms with Gasteiger partial charge >= 0.3 is 5.97 Å². The van der Waals surface area contributed by atoms with E-state index in [0.717, 1.165) is 0 Å². The van der Waals surface area contributed by atoms with Crippen molar-refractivity contribution in [1.82, 2.24) is 9.47 Å². The molecule has 1 aromatic carbocycles. The third-order valence-electron chi connectivity index (χ3n) is 3.09. The van der Waals surface area contributed by atoms with Crippen LogP contribution in [-0.2, 0) is 17.9 Å². The van der Waals surface area contributed by atoms with E-state index in [-0.39, 0.29) is 30.5 Å². The van der Waals surface area contributed by atoms with Gasteiger partial charge in [0.2, 0.25) is 5.91 Å². The summed E-state index contributed by atoms with van der Waals surface area (Å²) in [7, 11) is 1.59. The number of carboxylic acid groups (broad SMARTS) is 1. The third-order valence-corrected chi connectivity index (χ3v) is 3.09. The Morgan fingerprint density at radius 2 is 2.05 bits per heavy atom. The van der Waals surface area contributed by atoms with E-state index in [1.165, 1.54) is 33.9 Å². The molecule has 0 aliphatic rings. The fraction of sp³-hybridized carbons (Fsp3) is 0.200. The van der Waals surface area contributed by atoms with Crippen LogP contribution in [0.3, 0.4) is 0 Å². The van der Waals surface area contributed by atoms with Crippen LogP contribution >= 0.6 is 0 Å². The van der Waals surface area contributed by atoms with Crippen molar-refractivity contribution in [3.63, 3.8) is 0 Å². The number of carbonyl (C=O) groups excluding carboxylic acids is 1. The molecule has 110 valence electrons. The normalized spacial score (nSPS) is 10.4. The number of hydrogen-bond donors (Lipinski definition) is 1. The zero-order valence-electron chi connectivity index (χ0n) is 11.5. The zero-order valence-corrected chi connectivity index (χ0v) is 11.5. The Bertz CT molecular complexity index is 666. The van der Waals surface area contributed by atoms with Crippen molar-refractivity contribution in [2.24, 2.45) is 0 Å². The molecule has 0 saturated carbocycles. The fourth-order valence-electron chi connectivity index (χ4n) is 2.01. The first-order valence-electron chi connectivity index (χ1n) is 6.34. The molecule has 0 unspecified atom stereocenters. The first kappa shape index (κ1) is 14.8. The van der Waals surface area contributed by atoms with E-state index in [2.05, 4.69) is 0 Å². The summed E-state index contributed by atoms with van der Waals surface area (Å²) < 4.78 is 14.5.